The number of nitrogens with zero attached hydrogens (tertiary/aromatic N) is 1. The molecule has 0 aromatic rings. The maximum absolute atomic E-state index is 13.7. The molecule has 0 radical (unpaired) electrons. The van der Waals surface area contributed by atoms with Gasteiger partial charge in [0, 0.05) is 12.8 Å². The number of rotatable bonds is 74. The summed E-state index contributed by atoms with van der Waals surface area (Å²) in [4.78, 5) is 38.1. The lowest BCUT2D eigenvalue weighted by Crippen LogP contribution is -2.47. The molecule has 0 aliphatic rings. The van der Waals surface area contributed by atoms with Crippen molar-refractivity contribution in [3.8, 4) is 0 Å². The van der Waals surface area contributed by atoms with E-state index in [4.69, 9.17) is 13.8 Å². The number of nitrogens with one attached hydrogen (secondary N) is 1. The Morgan fingerprint density at radius 3 is 1.02 bits per heavy atom. The van der Waals surface area contributed by atoms with Crippen LogP contribution in [-0.2, 0) is 27.9 Å². The van der Waals surface area contributed by atoms with Crippen molar-refractivity contribution in [1.82, 2.24) is 5.32 Å². The molecule has 0 rings (SSSR count). The maximum atomic E-state index is 13.7. The van der Waals surface area contributed by atoms with Gasteiger partial charge in [0.25, 0.3) is 0 Å². The Morgan fingerprint density at radius 2 is 0.670 bits per heavy atom. The first-order chi connectivity index (χ1) is 44.4. The van der Waals surface area contributed by atoms with Crippen LogP contribution in [0.2, 0.25) is 0 Å². The number of unbranched alkanes of at least 4 members (excludes halogenated alkanes) is 52. The first kappa shape index (κ1) is 89.0. The Bertz CT molecular complexity index is 1690. The fraction of sp³-hybridized carbons (Fsp3) is 0.877. The maximum Gasteiger partial charge on any atom is 0.472 e. The Morgan fingerprint density at radius 1 is 0.385 bits per heavy atom. The molecule has 9 nitrogen and oxygen atoms in total. The molecular weight excluding hydrogens is 1140 g/mol. The van der Waals surface area contributed by atoms with E-state index in [0.29, 0.717) is 23.9 Å². The van der Waals surface area contributed by atoms with Gasteiger partial charge < -0.3 is 19.4 Å². The van der Waals surface area contributed by atoms with E-state index in [2.05, 4.69) is 68.6 Å². The normalized spacial score (nSPS) is 13.6. The molecule has 0 bridgehead atoms. The first-order valence-corrected chi connectivity index (χ1v) is 41.5. The van der Waals surface area contributed by atoms with Gasteiger partial charge in [-0.3, -0.25) is 18.6 Å². The van der Waals surface area contributed by atoms with E-state index in [0.717, 1.165) is 64.2 Å². The van der Waals surface area contributed by atoms with E-state index in [1.54, 1.807) is 0 Å². The minimum absolute atomic E-state index is 0.0428. The molecule has 1 amide bonds. The summed E-state index contributed by atoms with van der Waals surface area (Å²) in [7, 11) is 1.52. The van der Waals surface area contributed by atoms with Crippen LogP contribution in [0.4, 0.5) is 0 Å². The van der Waals surface area contributed by atoms with Crippen molar-refractivity contribution >= 4 is 19.7 Å². The predicted molar refractivity (Wildman–Crippen MR) is 397 cm³/mol. The van der Waals surface area contributed by atoms with Crippen LogP contribution in [0, 0.1) is 0 Å². The lowest BCUT2D eigenvalue weighted by molar-refractivity contribution is -0.870. The van der Waals surface area contributed by atoms with E-state index >= 15 is 0 Å². The molecule has 0 saturated heterocycles. The quantitative estimate of drug-likeness (QED) is 0.0205. The highest BCUT2D eigenvalue weighted by Gasteiger charge is 2.30. The van der Waals surface area contributed by atoms with Crippen molar-refractivity contribution in [2.24, 2.45) is 0 Å². The molecule has 10 heteroatoms. The van der Waals surface area contributed by atoms with Gasteiger partial charge in [0.2, 0.25) is 5.91 Å². The molecule has 0 spiro atoms. The lowest BCUT2D eigenvalue weighted by Gasteiger charge is -2.27. The van der Waals surface area contributed by atoms with Crippen LogP contribution in [0.25, 0.3) is 0 Å². The fourth-order valence-electron chi connectivity index (χ4n) is 12.1. The molecule has 536 valence electrons. The van der Waals surface area contributed by atoms with Crippen LogP contribution < -0.4 is 5.32 Å². The van der Waals surface area contributed by atoms with Crippen molar-refractivity contribution in [1.29, 1.82) is 0 Å². The summed E-state index contributed by atoms with van der Waals surface area (Å²) in [6.07, 6.45) is 91.5. The average molecular weight is 1300 g/mol. The molecule has 0 aromatic heterocycles. The van der Waals surface area contributed by atoms with Gasteiger partial charge in [-0.2, -0.15) is 0 Å². The molecule has 2 N–H and O–H groups in total. The van der Waals surface area contributed by atoms with E-state index in [-0.39, 0.29) is 25.1 Å². The zero-order valence-corrected chi connectivity index (χ0v) is 62.5. The third-order valence-electron chi connectivity index (χ3n) is 18.2. The zero-order valence-electron chi connectivity index (χ0n) is 61.6. The van der Waals surface area contributed by atoms with Gasteiger partial charge in [0.1, 0.15) is 19.3 Å². The van der Waals surface area contributed by atoms with Gasteiger partial charge in [-0.15, -0.1) is 0 Å². The summed E-state index contributed by atoms with van der Waals surface area (Å²) in [5.74, 6) is -0.482. The Hall–Kier alpha value is -2.03. The number of carbonyl (C=O) groups excluding carboxylic acids is 2. The zero-order chi connectivity index (χ0) is 66.3. The van der Waals surface area contributed by atoms with E-state index in [1.807, 2.05) is 27.2 Å². The van der Waals surface area contributed by atoms with Gasteiger partial charge in [-0.25, -0.2) is 4.57 Å². The molecule has 3 unspecified atom stereocenters. The minimum Gasteiger partial charge on any atom is -0.456 e. The minimum atomic E-state index is -4.46. The molecule has 0 fully saturated rings. The van der Waals surface area contributed by atoms with E-state index in [9.17, 15) is 19.0 Å². The molecule has 3 atom stereocenters. The second-order valence-corrected chi connectivity index (χ2v) is 30.0. The van der Waals surface area contributed by atoms with Gasteiger partial charge in [-0.1, -0.05) is 352 Å². The third-order valence-corrected chi connectivity index (χ3v) is 19.2. The van der Waals surface area contributed by atoms with Gasteiger partial charge >= 0.3 is 13.8 Å². The number of quaternary nitrogens is 1. The summed E-state index contributed by atoms with van der Waals surface area (Å²) in [6.45, 7) is 7.06. The topological polar surface area (TPSA) is 111 Å². The second-order valence-electron chi connectivity index (χ2n) is 28.6. The summed E-state index contributed by atoms with van der Waals surface area (Å²) >= 11 is 0. The SMILES string of the molecule is CCCCC/C=C\C/C=C\CCCCCCCCCCCCCCCCCC(=O)OC(/C=C/CCCCCCCCCCCCC)C(COP(=O)(O)OCC[N+](C)(C)C)NC(=O)CCCCCCCCCCCCCCCCCCC/C=C/CCCCCCCC. The van der Waals surface area contributed by atoms with Gasteiger partial charge in [-0.05, 0) is 89.5 Å². The highest BCUT2D eigenvalue weighted by Crippen LogP contribution is 2.43. The molecule has 0 aliphatic carbocycles. The number of allylic oxidation sites excluding steroid dienone is 7. The number of carbonyl (C=O) groups is 2. The average Bonchev–Trinajstić information content (AvgIpc) is 3.70. The van der Waals surface area contributed by atoms with Crippen LogP contribution in [-0.4, -0.2) is 74.3 Å². The highest BCUT2D eigenvalue weighted by molar-refractivity contribution is 7.47. The number of hydrogen-bond acceptors (Lipinski definition) is 6. The van der Waals surface area contributed by atoms with Gasteiger partial charge in [0.05, 0.1) is 33.8 Å². The summed E-state index contributed by atoms with van der Waals surface area (Å²) in [6, 6.07) is -0.847. The molecule has 0 heterocycles. The van der Waals surface area contributed by atoms with E-state index < -0.39 is 20.0 Å². The number of phosphoric acid groups is 1. The van der Waals surface area contributed by atoms with E-state index in [1.165, 1.54) is 308 Å². The number of likely N-dealkylation sites (N-methyl/N-ethyl adjacent to an activating group) is 1. The Labute approximate surface area is 567 Å². The molecule has 91 heavy (non-hydrogen) atoms. The third kappa shape index (κ3) is 72.1. The van der Waals surface area contributed by atoms with Crippen molar-refractivity contribution in [3.63, 3.8) is 0 Å². The Balaban J connectivity index is 4.93. The van der Waals surface area contributed by atoms with Crippen molar-refractivity contribution in [3.05, 3.63) is 48.6 Å². The highest BCUT2D eigenvalue weighted by atomic mass is 31.2. The molecule has 0 aliphatic heterocycles. The second kappa shape index (κ2) is 70.8. The summed E-state index contributed by atoms with van der Waals surface area (Å²) in [5, 5.41) is 3.09. The molecule has 0 saturated carbocycles. The number of esters is 1. The lowest BCUT2D eigenvalue weighted by atomic mass is 10.0. The summed E-state index contributed by atoms with van der Waals surface area (Å²) in [5.41, 5.74) is 0. The predicted octanol–water partition coefficient (Wildman–Crippen LogP) is 25.9. The standard InChI is InChI=1S/C81H155N2O7P/c1-7-10-13-16-19-22-25-28-30-32-34-36-38-40-41-43-44-46-48-50-52-55-58-61-64-67-70-73-80(84)82-78(77-89-91(86,87)88-76-75-83(4,5)6)79(72-69-66-63-60-57-54-27-24-21-18-15-12-9-3)90-81(85)74-71-68-65-62-59-56-53-51-49-47-45-42-39-37-35-33-31-29-26-23-20-17-14-11-8-2/h20,23,28-31,69,72,78-79H,7-19,21-22,24-27,32-68,70-71,73-77H2,1-6H3,(H-,82,84,86,87)/p+1/b23-20-,30-28+,31-29-,72-69+. The number of amides is 1. The summed E-state index contributed by atoms with van der Waals surface area (Å²) < 4.78 is 31.0. The first-order valence-electron chi connectivity index (χ1n) is 40.0. The van der Waals surface area contributed by atoms with Gasteiger partial charge in [0.15, 0.2) is 0 Å². The van der Waals surface area contributed by atoms with Crippen molar-refractivity contribution < 1.29 is 37.3 Å². The van der Waals surface area contributed by atoms with Crippen molar-refractivity contribution in [2.75, 3.05) is 40.9 Å². The van der Waals surface area contributed by atoms with Crippen LogP contribution in [0.5, 0.6) is 0 Å². The van der Waals surface area contributed by atoms with Crippen LogP contribution in [0.15, 0.2) is 48.6 Å². The Kier molecular flexibility index (Phi) is 69.2. The number of ether oxygens (including phenoxy) is 1. The van der Waals surface area contributed by atoms with Crippen LogP contribution in [0.1, 0.15) is 406 Å². The number of phosphoric ester groups is 1. The monoisotopic (exact) mass is 1300 g/mol. The largest absolute Gasteiger partial charge is 0.472 e. The smallest absolute Gasteiger partial charge is 0.456 e. The number of hydrogen-bond donors (Lipinski definition) is 2. The molecular formula is C81H156N2O7P+. The van der Waals surface area contributed by atoms with Crippen LogP contribution in [0.3, 0.4) is 0 Å². The fourth-order valence-corrected chi connectivity index (χ4v) is 12.8. The van der Waals surface area contributed by atoms with Crippen LogP contribution >= 0.6 is 7.82 Å². The van der Waals surface area contributed by atoms with Crippen molar-refractivity contribution in [2.45, 2.75) is 418 Å². The molecule has 0 aromatic carbocycles.